The number of aliphatic carboxylic acids is 1. The van der Waals surface area contributed by atoms with Crippen LogP contribution in [0.2, 0.25) is 0 Å². The molecule has 0 amide bonds. The molecular weight excluding hydrogens is 354 g/mol. The molecule has 17 heavy (non-hydrogen) atoms. The Bertz CT molecular complexity index is 423. The molecule has 3 N–H and O–H groups in total. The lowest BCUT2D eigenvalue weighted by Gasteiger charge is -2.20. The fraction of sp³-hybridized carbons (Fsp3) is 0.364. The predicted molar refractivity (Wildman–Crippen MR) is 73.2 cm³/mol. The second-order valence-corrected chi connectivity index (χ2v) is 6.00. The zero-order valence-corrected chi connectivity index (χ0v) is 12.6. The van der Waals surface area contributed by atoms with Crippen LogP contribution in [0.1, 0.15) is 13.8 Å². The van der Waals surface area contributed by atoms with Crippen LogP contribution in [-0.2, 0) is 4.79 Å². The molecule has 1 rings (SSSR count). The monoisotopic (exact) mass is 365 g/mol. The minimum Gasteiger partial charge on any atom is -0.490 e. The van der Waals surface area contributed by atoms with E-state index in [9.17, 15) is 4.79 Å². The van der Waals surface area contributed by atoms with E-state index in [0.29, 0.717) is 20.4 Å². The molecule has 94 valence electrons. The van der Waals surface area contributed by atoms with E-state index in [-0.39, 0.29) is 6.61 Å². The Kier molecular flexibility index (Phi) is 4.43. The van der Waals surface area contributed by atoms with Crippen molar-refractivity contribution in [3.8, 4) is 5.75 Å². The van der Waals surface area contributed by atoms with E-state index in [1.54, 1.807) is 26.0 Å². The number of carbonyl (C=O) groups is 1. The number of halogens is 2. The third kappa shape index (κ3) is 3.61. The highest BCUT2D eigenvalue weighted by molar-refractivity contribution is 9.11. The van der Waals surface area contributed by atoms with E-state index in [1.807, 2.05) is 0 Å². The lowest BCUT2D eigenvalue weighted by Crippen LogP contribution is -2.30. The molecule has 0 radical (unpaired) electrons. The van der Waals surface area contributed by atoms with Gasteiger partial charge in [0.1, 0.15) is 12.4 Å². The highest BCUT2D eigenvalue weighted by Crippen LogP contribution is 2.36. The SMILES string of the molecule is CC(C)(COc1c(Br)cc(N)cc1Br)C(=O)O. The Labute approximate surface area is 116 Å². The molecule has 0 heterocycles. The first kappa shape index (κ1) is 14.3. The molecule has 0 fully saturated rings. The number of ether oxygens (including phenoxy) is 1. The van der Waals surface area contributed by atoms with Gasteiger partial charge in [0.2, 0.25) is 0 Å². The number of carboxylic acids is 1. The predicted octanol–water partition coefficient (Wildman–Crippen LogP) is 3.28. The Morgan fingerprint density at radius 1 is 1.41 bits per heavy atom. The van der Waals surface area contributed by atoms with Gasteiger partial charge in [-0.3, -0.25) is 4.79 Å². The van der Waals surface area contributed by atoms with E-state index < -0.39 is 11.4 Å². The summed E-state index contributed by atoms with van der Waals surface area (Å²) in [6.07, 6.45) is 0. The van der Waals surface area contributed by atoms with Gasteiger partial charge in [-0.1, -0.05) is 0 Å². The van der Waals surface area contributed by atoms with Crippen molar-refractivity contribution in [2.24, 2.45) is 5.41 Å². The quantitative estimate of drug-likeness (QED) is 0.802. The Balaban J connectivity index is 2.87. The number of hydrogen-bond acceptors (Lipinski definition) is 3. The van der Waals surface area contributed by atoms with E-state index in [1.165, 1.54) is 0 Å². The van der Waals surface area contributed by atoms with Crippen molar-refractivity contribution < 1.29 is 14.6 Å². The molecule has 0 unspecified atom stereocenters. The van der Waals surface area contributed by atoms with Crippen LogP contribution in [0, 0.1) is 5.41 Å². The third-order valence-corrected chi connectivity index (χ3v) is 3.35. The van der Waals surface area contributed by atoms with Crippen molar-refractivity contribution in [1.29, 1.82) is 0 Å². The molecule has 1 aromatic carbocycles. The summed E-state index contributed by atoms with van der Waals surface area (Å²) in [6.45, 7) is 3.28. The topological polar surface area (TPSA) is 72.5 Å². The summed E-state index contributed by atoms with van der Waals surface area (Å²) in [5.41, 5.74) is 5.30. The van der Waals surface area contributed by atoms with Gasteiger partial charge in [0.05, 0.1) is 14.4 Å². The van der Waals surface area contributed by atoms with Gasteiger partial charge in [-0.15, -0.1) is 0 Å². The number of anilines is 1. The molecule has 0 aliphatic carbocycles. The molecule has 0 aliphatic heterocycles. The van der Waals surface area contributed by atoms with Gasteiger partial charge in [-0.25, -0.2) is 0 Å². The molecular formula is C11H13Br2NO3. The lowest BCUT2D eigenvalue weighted by molar-refractivity contribution is -0.148. The minimum atomic E-state index is -0.944. The molecule has 0 atom stereocenters. The van der Waals surface area contributed by atoms with Crippen molar-refractivity contribution in [1.82, 2.24) is 0 Å². The maximum Gasteiger partial charge on any atom is 0.312 e. The summed E-state index contributed by atoms with van der Waals surface area (Å²) in [7, 11) is 0. The van der Waals surface area contributed by atoms with Crippen LogP contribution in [0.25, 0.3) is 0 Å². The van der Waals surface area contributed by atoms with Crippen LogP contribution in [0.4, 0.5) is 5.69 Å². The van der Waals surface area contributed by atoms with Crippen LogP contribution in [0.15, 0.2) is 21.1 Å². The van der Waals surface area contributed by atoms with E-state index >= 15 is 0 Å². The minimum absolute atomic E-state index is 0.0729. The number of nitrogen functional groups attached to an aromatic ring is 1. The summed E-state index contributed by atoms with van der Waals surface area (Å²) >= 11 is 6.64. The summed E-state index contributed by atoms with van der Waals surface area (Å²) < 4.78 is 6.89. The molecule has 0 aromatic heterocycles. The molecule has 0 bridgehead atoms. The molecule has 6 heteroatoms. The molecule has 4 nitrogen and oxygen atoms in total. The molecule has 1 aromatic rings. The third-order valence-electron chi connectivity index (χ3n) is 2.18. The van der Waals surface area contributed by atoms with Crippen molar-refractivity contribution in [3.05, 3.63) is 21.1 Å². The van der Waals surface area contributed by atoms with E-state index in [2.05, 4.69) is 31.9 Å². The summed E-state index contributed by atoms with van der Waals surface area (Å²) in [4.78, 5) is 10.9. The van der Waals surface area contributed by atoms with Gasteiger partial charge in [-0.05, 0) is 57.8 Å². The van der Waals surface area contributed by atoms with E-state index in [0.717, 1.165) is 0 Å². The van der Waals surface area contributed by atoms with Gasteiger partial charge in [-0.2, -0.15) is 0 Å². The normalized spacial score (nSPS) is 11.3. The van der Waals surface area contributed by atoms with Crippen molar-refractivity contribution in [2.45, 2.75) is 13.8 Å². The number of carboxylic acid groups (broad SMARTS) is 1. The van der Waals surface area contributed by atoms with Gasteiger partial charge < -0.3 is 15.6 Å². The summed E-state index contributed by atoms with van der Waals surface area (Å²) in [5, 5.41) is 8.98. The van der Waals surface area contributed by atoms with Gasteiger partial charge in [0, 0.05) is 5.69 Å². The Morgan fingerprint density at radius 3 is 2.29 bits per heavy atom. The van der Waals surface area contributed by atoms with Gasteiger partial charge in [0.25, 0.3) is 0 Å². The molecule has 0 aliphatic rings. The molecule has 0 saturated carbocycles. The highest BCUT2D eigenvalue weighted by Gasteiger charge is 2.28. The number of nitrogens with two attached hydrogens (primary N) is 1. The maximum atomic E-state index is 10.9. The van der Waals surface area contributed by atoms with Crippen molar-refractivity contribution >= 4 is 43.5 Å². The number of rotatable bonds is 4. The summed E-state index contributed by atoms with van der Waals surface area (Å²) in [6, 6.07) is 3.40. The number of hydrogen-bond donors (Lipinski definition) is 2. The fourth-order valence-electron chi connectivity index (χ4n) is 1.03. The van der Waals surface area contributed by atoms with Crippen LogP contribution >= 0.6 is 31.9 Å². The summed E-state index contributed by atoms with van der Waals surface area (Å²) in [5.74, 6) is -0.353. The van der Waals surface area contributed by atoms with Crippen LogP contribution < -0.4 is 10.5 Å². The van der Waals surface area contributed by atoms with Crippen LogP contribution in [-0.4, -0.2) is 17.7 Å². The average molecular weight is 367 g/mol. The molecule has 0 saturated heterocycles. The highest BCUT2D eigenvalue weighted by atomic mass is 79.9. The number of benzene rings is 1. The Hall–Kier alpha value is -0.750. The standard InChI is InChI=1S/C11H13Br2NO3/c1-11(2,10(15)16)5-17-9-7(12)3-6(14)4-8(9)13/h3-4H,5,14H2,1-2H3,(H,15,16). The van der Waals surface area contributed by atoms with Crippen LogP contribution in [0.5, 0.6) is 5.75 Å². The van der Waals surface area contributed by atoms with E-state index in [4.69, 9.17) is 15.6 Å². The largest absolute Gasteiger partial charge is 0.490 e. The average Bonchev–Trinajstić information content (AvgIpc) is 2.15. The van der Waals surface area contributed by atoms with Crippen LogP contribution in [0.3, 0.4) is 0 Å². The van der Waals surface area contributed by atoms with Crippen molar-refractivity contribution in [2.75, 3.05) is 12.3 Å². The molecule has 0 spiro atoms. The first-order valence-electron chi connectivity index (χ1n) is 4.85. The zero-order valence-electron chi connectivity index (χ0n) is 9.46. The lowest BCUT2D eigenvalue weighted by atomic mass is 9.95. The fourth-order valence-corrected chi connectivity index (χ4v) is 2.48. The zero-order chi connectivity index (χ0) is 13.2. The first-order valence-corrected chi connectivity index (χ1v) is 6.43. The maximum absolute atomic E-state index is 10.9. The van der Waals surface area contributed by atoms with Gasteiger partial charge in [0.15, 0.2) is 0 Å². The smallest absolute Gasteiger partial charge is 0.312 e. The van der Waals surface area contributed by atoms with Gasteiger partial charge >= 0.3 is 5.97 Å². The van der Waals surface area contributed by atoms with Crippen molar-refractivity contribution in [3.63, 3.8) is 0 Å². The Morgan fingerprint density at radius 2 is 1.88 bits per heavy atom. The second kappa shape index (κ2) is 5.27. The first-order chi connectivity index (χ1) is 7.74. The second-order valence-electron chi connectivity index (χ2n) is 4.29.